The zero-order valence-electron chi connectivity index (χ0n) is 13.0. The van der Waals surface area contributed by atoms with Gasteiger partial charge in [0.15, 0.2) is 0 Å². The molecule has 6 nitrogen and oxygen atoms in total. The fourth-order valence-electron chi connectivity index (χ4n) is 2.95. The van der Waals surface area contributed by atoms with E-state index in [9.17, 15) is 4.79 Å². The number of amides is 1. The Morgan fingerprint density at radius 3 is 2.91 bits per heavy atom. The van der Waals surface area contributed by atoms with Gasteiger partial charge >= 0.3 is 0 Å². The highest BCUT2D eigenvalue weighted by Gasteiger charge is 2.26. The summed E-state index contributed by atoms with van der Waals surface area (Å²) >= 11 is 1.71. The number of nitrogens with zero attached hydrogens (tertiary/aromatic N) is 4. The summed E-state index contributed by atoms with van der Waals surface area (Å²) in [6, 6.07) is 0. The Bertz CT molecular complexity index is 534. The van der Waals surface area contributed by atoms with Crippen LogP contribution in [0.25, 0.3) is 0 Å². The van der Waals surface area contributed by atoms with E-state index in [0.717, 1.165) is 56.5 Å². The van der Waals surface area contributed by atoms with Crippen LogP contribution in [-0.4, -0.2) is 65.6 Å². The number of morpholine rings is 1. The molecule has 0 bridgehead atoms. The molecule has 0 unspecified atom stereocenters. The molecule has 3 rings (SSSR count). The van der Waals surface area contributed by atoms with E-state index in [2.05, 4.69) is 14.9 Å². The Morgan fingerprint density at radius 1 is 1.32 bits per heavy atom. The highest BCUT2D eigenvalue weighted by molar-refractivity contribution is 7.98. The minimum atomic E-state index is 0.228. The molecule has 0 spiro atoms. The van der Waals surface area contributed by atoms with Gasteiger partial charge in [0.1, 0.15) is 12.1 Å². The molecular weight excluding hydrogens is 300 g/mol. The predicted octanol–water partition coefficient (Wildman–Crippen LogP) is 0.951. The molecule has 1 aromatic rings. The molecule has 0 radical (unpaired) electrons. The van der Waals surface area contributed by atoms with Crippen molar-refractivity contribution in [2.24, 2.45) is 0 Å². The first-order valence-electron chi connectivity index (χ1n) is 7.71. The van der Waals surface area contributed by atoms with Crippen LogP contribution in [0.5, 0.6) is 0 Å². The normalized spacial score (nSPS) is 18.2. The summed E-state index contributed by atoms with van der Waals surface area (Å²) in [5.74, 6) is 2.14. The van der Waals surface area contributed by atoms with E-state index >= 15 is 0 Å². The van der Waals surface area contributed by atoms with E-state index in [1.165, 1.54) is 5.56 Å². The van der Waals surface area contributed by atoms with Crippen LogP contribution in [0.2, 0.25) is 0 Å². The third-order valence-electron chi connectivity index (χ3n) is 4.17. The number of carbonyl (C=O) groups is 1. The topological polar surface area (TPSA) is 58.6 Å². The number of rotatable bonds is 4. The van der Waals surface area contributed by atoms with Crippen LogP contribution in [0.4, 0.5) is 5.82 Å². The van der Waals surface area contributed by atoms with E-state index in [-0.39, 0.29) is 5.91 Å². The molecule has 22 heavy (non-hydrogen) atoms. The van der Waals surface area contributed by atoms with Gasteiger partial charge in [0.2, 0.25) is 5.91 Å². The molecule has 1 amide bonds. The summed E-state index contributed by atoms with van der Waals surface area (Å²) in [7, 11) is 0. The Kier molecular flexibility index (Phi) is 5.15. The summed E-state index contributed by atoms with van der Waals surface area (Å²) in [4.78, 5) is 25.3. The van der Waals surface area contributed by atoms with Gasteiger partial charge in [-0.3, -0.25) is 4.79 Å². The molecule has 0 saturated carbocycles. The summed E-state index contributed by atoms with van der Waals surface area (Å²) in [6.45, 7) is 4.63. The number of thioether (sulfide) groups is 1. The average Bonchev–Trinajstić information content (AvgIpc) is 2.59. The molecule has 0 aliphatic carbocycles. The van der Waals surface area contributed by atoms with Crippen LogP contribution in [0, 0.1) is 0 Å². The van der Waals surface area contributed by atoms with Gasteiger partial charge < -0.3 is 14.5 Å². The molecule has 1 saturated heterocycles. The second kappa shape index (κ2) is 7.28. The molecule has 2 aliphatic rings. The molecule has 0 aromatic carbocycles. The predicted molar refractivity (Wildman–Crippen MR) is 87.2 cm³/mol. The number of hydrogen-bond acceptors (Lipinski definition) is 6. The molecular formula is C15H22N4O2S. The average molecular weight is 322 g/mol. The monoisotopic (exact) mass is 322 g/mol. The number of anilines is 1. The molecule has 0 atom stereocenters. The maximum Gasteiger partial charge on any atom is 0.223 e. The Morgan fingerprint density at radius 2 is 2.14 bits per heavy atom. The molecule has 2 aliphatic heterocycles. The van der Waals surface area contributed by atoms with Crippen LogP contribution in [0.15, 0.2) is 6.33 Å². The van der Waals surface area contributed by atoms with Gasteiger partial charge in [0.25, 0.3) is 0 Å². The van der Waals surface area contributed by atoms with Crippen molar-refractivity contribution in [1.82, 2.24) is 14.9 Å². The lowest BCUT2D eigenvalue weighted by atomic mass is 10.0. The van der Waals surface area contributed by atoms with Crippen molar-refractivity contribution in [3.63, 3.8) is 0 Å². The zero-order chi connectivity index (χ0) is 15.4. The van der Waals surface area contributed by atoms with Gasteiger partial charge in [-0.1, -0.05) is 0 Å². The van der Waals surface area contributed by atoms with Crippen molar-refractivity contribution in [2.45, 2.75) is 19.4 Å². The molecule has 7 heteroatoms. The van der Waals surface area contributed by atoms with E-state index in [1.54, 1.807) is 18.1 Å². The second-order valence-corrected chi connectivity index (χ2v) is 6.52. The first kappa shape index (κ1) is 15.6. The summed E-state index contributed by atoms with van der Waals surface area (Å²) in [6.07, 6.45) is 5.10. The lowest BCUT2D eigenvalue weighted by molar-refractivity contribution is -0.131. The van der Waals surface area contributed by atoms with Gasteiger partial charge in [0.05, 0.1) is 25.5 Å². The summed E-state index contributed by atoms with van der Waals surface area (Å²) < 4.78 is 5.41. The van der Waals surface area contributed by atoms with E-state index < -0.39 is 0 Å². The number of aromatic nitrogens is 2. The third-order valence-corrected chi connectivity index (χ3v) is 4.78. The van der Waals surface area contributed by atoms with Crippen molar-refractivity contribution in [1.29, 1.82) is 0 Å². The SMILES string of the molecule is CSCCC(=O)N1CCc2c(ncnc2N2CCOCC2)C1. The number of ether oxygens (including phenoxy) is 1. The lowest BCUT2D eigenvalue weighted by Crippen LogP contribution is -2.40. The van der Waals surface area contributed by atoms with Crippen LogP contribution < -0.4 is 4.90 Å². The largest absolute Gasteiger partial charge is 0.378 e. The number of hydrogen-bond donors (Lipinski definition) is 0. The zero-order valence-corrected chi connectivity index (χ0v) is 13.8. The van der Waals surface area contributed by atoms with Crippen molar-refractivity contribution < 1.29 is 9.53 Å². The Hall–Kier alpha value is -1.34. The molecule has 1 aromatic heterocycles. The van der Waals surface area contributed by atoms with Gasteiger partial charge in [-0.15, -0.1) is 0 Å². The van der Waals surface area contributed by atoms with Crippen molar-refractivity contribution >= 4 is 23.5 Å². The number of fused-ring (bicyclic) bond motifs is 1. The molecule has 1 fully saturated rings. The van der Waals surface area contributed by atoms with Gasteiger partial charge in [-0.2, -0.15) is 11.8 Å². The van der Waals surface area contributed by atoms with Crippen LogP contribution >= 0.6 is 11.8 Å². The van der Waals surface area contributed by atoms with E-state index in [1.807, 2.05) is 11.2 Å². The highest BCUT2D eigenvalue weighted by atomic mass is 32.2. The summed E-state index contributed by atoms with van der Waals surface area (Å²) in [5.41, 5.74) is 2.21. The quantitative estimate of drug-likeness (QED) is 0.823. The van der Waals surface area contributed by atoms with Crippen LogP contribution in [0.1, 0.15) is 17.7 Å². The fourth-order valence-corrected chi connectivity index (χ4v) is 3.32. The van der Waals surface area contributed by atoms with Crippen molar-refractivity contribution in [3.05, 3.63) is 17.6 Å². The number of carbonyl (C=O) groups excluding carboxylic acids is 1. The van der Waals surface area contributed by atoms with E-state index in [4.69, 9.17) is 4.74 Å². The Labute approximate surface area is 135 Å². The molecule has 3 heterocycles. The second-order valence-electron chi connectivity index (χ2n) is 5.53. The smallest absolute Gasteiger partial charge is 0.223 e. The molecule has 0 N–H and O–H groups in total. The van der Waals surface area contributed by atoms with Crippen molar-refractivity contribution in [2.75, 3.05) is 49.8 Å². The minimum absolute atomic E-state index is 0.228. The van der Waals surface area contributed by atoms with Gasteiger partial charge in [-0.25, -0.2) is 9.97 Å². The standard InChI is InChI=1S/C15H22N4O2S/c1-22-9-3-14(20)19-4-2-12-13(10-19)16-11-17-15(12)18-5-7-21-8-6-18/h11H,2-10H2,1H3. The van der Waals surface area contributed by atoms with Gasteiger partial charge in [0, 0.05) is 37.4 Å². The van der Waals surface area contributed by atoms with Crippen molar-refractivity contribution in [3.8, 4) is 0 Å². The first-order valence-corrected chi connectivity index (χ1v) is 9.11. The van der Waals surface area contributed by atoms with Gasteiger partial charge in [-0.05, 0) is 12.7 Å². The maximum absolute atomic E-state index is 12.2. The van der Waals surface area contributed by atoms with Crippen LogP contribution in [-0.2, 0) is 22.5 Å². The fraction of sp³-hybridized carbons (Fsp3) is 0.667. The van der Waals surface area contributed by atoms with E-state index in [0.29, 0.717) is 13.0 Å². The lowest BCUT2D eigenvalue weighted by Gasteiger charge is -2.33. The maximum atomic E-state index is 12.2. The Balaban J connectivity index is 1.74. The van der Waals surface area contributed by atoms with Crippen LogP contribution in [0.3, 0.4) is 0 Å². The summed E-state index contributed by atoms with van der Waals surface area (Å²) in [5, 5.41) is 0. The first-order chi connectivity index (χ1) is 10.8. The highest BCUT2D eigenvalue weighted by Crippen LogP contribution is 2.26. The molecule has 120 valence electrons. The minimum Gasteiger partial charge on any atom is -0.378 e. The third kappa shape index (κ3) is 3.35.